The highest BCUT2D eigenvalue weighted by Crippen LogP contribution is 2.19. The molecule has 0 aliphatic rings. The van der Waals surface area contributed by atoms with Crippen LogP contribution >= 0.6 is 15.9 Å². The van der Waals surface area contributed by atoms with Crippen LogP contribution in [0.15, 0.2) is 22.7 Å². The van der Waals surface area contributed by atoms with Gasteiger partial charge in [-0.1, -0.05) is 29.8 Å². The Kier molecular flexibility index (Phi) is 6.04. The molecule has 1 aromatic heterocycles. The molecule has 6 nitrogen and oxygen atoms in total. The third-order valence-corrected chi connectivity index (χ3v) is 3.87. The van der Waals surface area contributed by atoms with E-state index in [1.54, 1.807) is 0 Å². The van der Waals surface area contributed by atoms with E-state index >= 15 is 0 Å². The lowest BCUT2D eigenvalue weighted by Gasteiger charge is -2.10. The Bertz CT molecular complexity index is 705. The standard InChI is InChI=1S/C16H20BrN5O/c1-4-12-13(5-2)21-22-16(20-12)18-9-15(23)19-14-7-6-11(17)8-10(14)3/h6-8H,4-5,9H2,1-3H3,(H,19,23)(H,18,20,22). The fourth-order valence-corrected chi connectivity index (χ4v) is 2.61. The fourth-order valence-electron chi connectivity index (χ4n) is 2.13. The Balaban J connectivity index is 1.96. The van der Waals surface area contributed by atoms with Crippen molar-refractivity contribution in [2.45, 2.75) is 33.6 Å². The Morgan fingerprint density at radius 2 is 1.91 bits per heavy atom. The van der Waals surface area contributed by atoms with Crippen LogP contribution in [0.5, 0.6) is 0 Å². The molecular weight excluding hydrogens is 358 g/mol. The van der Waals surface area contributed by atoms with Crippen LogP contribution in [0.1, 0.15) is 30.8 Å². The maximum atomic E-state index is 12.0. The van der Waals surface area contributed by atoms with Crippen LogP contribution in [0.3, 0.4) is 0 Å². The topological polar surface area (TPSA) is 79.8 Å². The average Bonchev–Trinajstić information content (AvgIpc) is 2.55. The van der Waals surface area contributed by atoms with E-state index < -0.39 is 0 Å². The summed E-state index contributed by atoms with van der Waals surface area (Å²) in [4.78, 5) is 16.4. The Morgan fingerprint density at radius 3 is 2.57 bits per heavy atom. The number of nitrogens with one attached hydrogen (secondary N) is 2. The minimum absolute atomic E-state index is 0.0891. The minimum Gasteiger partial charge on any atom is -0.344 e. The molecule has 0 saturated heterocycles. The highest BCUT2D eigenvalue weighted by Gasteiger charge is 2.09. The van der Waals surface area contributed by atoms with E-state index in [0.717, 1.165) is 40.0 Å². The van der Waals surface area contributed by atoms with Gasteiger partial charge in [0.05, 0.1) is 17.9 Å². The number of halogens is 1. The van der Waals surface area contributed by atoms with Gasteiger partial charge in [-0.3, -0.25) is 4.79 Å². The molecule has 7 heteroatoms. The van der Waals surface area contributed by atoms with Crippen molar-refractivity contribution in [3.8, 4) is 0 Å². The Labute approximate surface area is 144 Å². The molecule has 0 unspecified atom stereocenters. The first-order chi connectivity index (χ1) is 11.0. The van der Waals surface area contributed by atoms with Crippen molar-refractivity contribution in [2.75, 3.05) is 17.2 Å². The summed E-state index contributed by atoms with van der Waals surface area (Å²) in [6.07, 6.45) is 1.59. The number of hydrogen-bond donors (Lipinski definition) is 2. The first-order valence-corrected chi connectivity index (χ1v) is 8.35. The molecule has 0 aliphatic heterocycles. The van der Waals surface area contributed by atoms with Crippen molar-refractivity contribution in [3.05, 3.63) is 39.6 Å². The van der Waals surface area contributed by atoms with Gasteiger partial charge in [0.25, 0.3) is 0 Å². The van der Waals surface area contributed by atoms with E-state index in [-0.39, 0.29) is 12.5 Å². The molecule has 0 saturated carbocycles. The summed E-state index contributed by atoms with van der Waals surface area (Å²) in [5, 5.41) is 13.9. The third-order valence-electron chi connectivity index (χ3n) is 3.38. The second-order valence-corrected chi connectivity index (χ2v) is 6.01. The summed E-state index contributed by atoms with van der Waals surface area (Å²) >= 11 is 3.40. The summed E-state index contributed by atoms with van der Waals surface area (Å²) in [5.74, 6) is 0.221. The maximum absolute atomic E-state index is 12.0. The van der Waals surface area contributed by atoms with E-state index in [1.165, 1.54) is 0 Å². The van der Waals surface area contributed by atoms with E-state index in [0.29, 0.717) is 5.95 Å². The molecule has 0 atom stereocenters. The largest absolute Gasteiger partial charge is 0.344 e. The molecule has 2 aromatic rings. The number of hydrogen-bond acceptors (Lipinski definition) is 5. The van der Waals surface area contributed by atoms with Crippen molar-refractivity contribution < 1.29 is 4.79 Å². The molecule has 1 heterocycles. The highest BCUT2D eigenvalue weighted by molar-refractivity contribution is 9.10. The molecule has 2 N–H and O–H groups in total. The van der Waals surface area contributed by atoms with Crippen LogP contribution in [0.2, 0.25) is 0 Å². The van der Waals surface area contributed by atoms with Crippen LogP contribution in [-0.4, -0.2) is 27.6 Å². The molecule has 122 valence electrons. The van der Waals surface area contributed by atoms with Gasteiger partial charge in [-0.25, -0.2) is 4.98 Å². The van der Waals surface area contributed by atoms with Gasteiger partial charge in [0.2, 0.25) is 11.9 Å². The maximum Gasteiger partial charge on any atom is 0.243 e. The summed E-state index contributed by atoms with van der Waals surface area (Å²) in [5.41, 5.74) is 3.59. The molecule has 0 spiro atoms. The summed E-state index contributed by atoms with van der Waals surface area (Å²) < 4.78 is 0.980. The predicted octanol–water partition coefficient (Wildman–Crippen LogP) is 3.12. The molecule has 1 aromatic carbocycles. The number of rotatable bonds is 6. The number of carbonyl (C=O) groups excluding carboxylic acids is 1. The number of aromatic nitrogens is 3. The second-order valence-electron chi connectivity index (χ2n) is 5.10. The van der Waals surface area contributed by atoms with Gasteiger partial charge in [0, 0.05) is 10.2 Å². The van der Waals surface area contributed by atoms with E-state index in [1.807, 2.05) is 39.0 Å². The SMILES string of the molecule is CCc1nnc(NCC(=O)Nc2ccc(Br)cc2C)nc1CC. The van der Waals surface area contributed by atoms with Gasteiger partial charge in [-0.2, -0.15) is 5.10 Å². The second kappa shape index (κ2) is 8.01. The van der Waals surface area contributed by atoms with Crippen molar-refractivity contribution in [2.24, 2.45) is 0 Å². The quantitative estimate of drug-likeness (QED) is 0.808. The van der Waals surface area contributed by atoms with Crippen LogP contribution in [-0.2, 0) is 17.6 Å². The molecule has 23 heavy (non-hydrogen) atoms. The molecule has 0 radical (unpaired) electrons. The van der Waals surface area contributed by atoms with Crippen LogP contribution in [0.25, 0.3) is 0 Å². The highest BCUT2D eigenvalue weighted by atomic mass is 79.9. The summed E-state index contributed by atoms with van der Waals surface area (Å²) in [6, 6.07) is 5.70. The van der Waals surface area contributed by atoms with Crippen LogP contribution in [0.4, 0.5) is 11.6 Å². The van der Waals surface area contributed by atoms with Crippen molar-refractivity contribution in [1.29, 1.82) is 0 Å². The van der Waals surface area contributed by atoms with Gasteiger partial charge in [0.15, 0.2) is 0 Å². The van der Waals surface area contributed by atoms with Crippen molar-refractivity contribution in [3.63, 3.8) is 0 Å². The smallest absolute Gasteiger partial charge is 0.243 e. The normalized spacial score (nSPS) is 10.4. The van der Waals surface area contributed by atoms with Crippen LogP contribution < -0.4 is 10.6 Å². The van der Waals surface area contributed by atoms with Gasteiger partial charge in [-0.15, -0.1) is 5.10 Å². The zero-order chi connectivity index (χ0) is 16.8. The van der Waals surface area contributed by atoms with Gasteiger partial charge >= 0.3 is 0 Å². The lowest BCUT2D eigenvalue weighted by Crippen LogP contribution is -2.23. The Hall–Kier alpha value is -2.02. The van der Waals surface area contributed by atoms with Gasteiger partial charge < -0.3 is 10.6 Å². The van der Waals surface area contributed by atoms with Crippen molar-refractivity contribution >= 4 is 33.5 Å². The molecule has 0 aliphatic carbocycles. The zero-order valence-corrected chi connectivity index (χ0v) is 15.1. The van der Waals surface area contributed by atoms with E-state index in [4.69, 9.17) is 0 Å². The Morgan fingerprint density at radius 1 is 1.17 bits per heavy atom. The summed E-state index contributed by atoms with van der Waals surface area (Å²) in [6.45, 7) is 6.07. The fraction of sp³-hybridized carbons (Fsp3) is 0.375. The van der Waals surface area contributed by atoms with Crippen molar-refractivity contribution in [1.82, 2.24) is 15.2 Å². The van der Waals surface area contributed by atoms with E-state index in [2.05, 4.69) is 41.7 Å². The first-order valence-electron chi connectivity index (χ1n) is 7.55. The number of amides is 1. The number of benzene rings is 1. The molecule has 0 fully saturated rings. The monoisotopic (exact) mass is 377 g/mol. The number of anilines is 2. The molecule has 2 rings (SSSR count). The minimum atomic E-state index is -0.156. The van der Waals surface area contributed by atoms with Gasteiger partial charge in [-0.05, 0) is 43.5 Å². The third kappa shape index (κ3) is 4.72. The zero-order valence-electron chi connectivity index (χ0n) is 13.5. The molecular formula is C16H20BrN5O. The average molecular weight is 378 g/mol. The molecule has 0 bridgehead atoms. The van der Waals surface area contributed by atoms with E-state index in [9.17, 15) is 4.79 Å². The molecule has 1 amide bonds. The summed E-state index contributed by atoms with van der Waals surface area (Å²) in [7, 11) is 0. The number of nitrogens with zero attached hydrogens (tertiary/aromatic N) is 3. The number of aryl methyl sites for hydroxylation is 3. The lowest BCUT2D eigenvalue weighted by molar-refractivity contribution is -0.114. The number of carbonyl (C=O) groups is 1. The predicted molar refractivity (Wildman–Crippen MR) is 94.6 cm³/mol. The van der Waals surface area contributed by atoms with Gasteiger partial charge in [0.1, 0.15) is 0 Å². The van der Waals surface area contributed by atoms with Crippen LogP contribution in [0, 0.1) is 6.92 Å². The lowest BCUT2D eigenvalue weighted by atomic mass is 10.2. The first kappa shape index (κ1) is 17.3.